The summed E-state index contributed by atoms with van der Waals surface area (Å²) in [4.78, 5) is 10.9. The van der Waals surface area contributed by atoms with Crippen molar-refractivity contribution in [2.24, 2.45) is 0 Å². The van der Waals surface area contributed by atoms with Gasteiger partial charge in [0.15, 0.2) is 0 Å². The van der Waals surface area contributed by atoms with Gasteiger partial charge in [-0.1, -0.05) is 12.1 Å². The highest BCUT2D eigenvalue weighted by Crippen LogP contribution is 2.20. The van der Waals surface area contributed by atoms with Gasteiger partial charge in [0.2, 0.25) is 15.9 Å². The normalized spacial score (nSPS) is 11.1. The quantitative estimate of drug-likeness (QED) is 0.682. The number of hydrogen-bond acceptors (Lipinski definition) is 4. The maximum absolute atomic E-state index is 11.7. The highest BCUT2D eigenvalue weighted by atomic mass is 32.2. The van der Waals surface area contributed by atoms with E-state index in [4.69, 9.17) is 0 Å². The van der Waals surface area contributed by atoms with Crippen LogP contribution in [0.4, 0.5) is 0 Å². The molecule has 0 aliphatic rings. The van der Waals surface area contributed by atoms with Crippen LogP contribution >= 0.6 is 0 Å². The predicted molar refractivity (Wildman–Crippen MR) is 62.0 cm³/mol. The molecule has 7 heteroatoms. The van der Waals surface area contributed by atoms with Crippen molar-refractivity contribution in [1.82, 2.24) is 10.0 Å². The van der Waals surface area contributed by atoms with Gasteiger partial charge in [-0.25, -0.2) is 13.1 Å². The molecule has 1 aromatic rings. The number of carbonyl (C=O) groups excluding carboxylic acids is 1. The third kappa shape index (κ3) is 3.72. The number of sulfonamides is 1. The molecular formula is C10H14N2O4S. The summed E-state index contributed by atoms with van der Waals surface area (Å²) in [5, 5.41) is 11.9. The first-order valence-corrected chi connectivity index (χ1v) is 6.50. The van der Waals surface area contributed by atoms with Gasteiger partial charge in [-0.2, -0.15) is 0 Å². The molecule has 0 saturated heterocycles. The van der Waals surface area contributed by atoms with E-state index in [-0.39, 0.29) is 17.2 Å². The number of carbonyl (C=O) groups is 1. The summed E-state index contributed by atoms with van der Waals surface area (Å²) in [6.45, 7) is 1.80. The lowest BCUT2D eigenvalue weighted by Gasteiger charge is -2.07. The van der Waals surface area contributed by atoms with E-state index in [2.05, 4.69) is 10.0 Å². The van der Waals surface area contributed by atoms with E-state index in [0.29, 0.717) is 6.54 Å². The zero-order chi connectivity index (χ0) is 12.9. The lowest BCUT2D eigenvalue weighted by molar-refractivity contribution is -0.119. The monoisotopic (exact) mass is 258 g/mol. The highest BCUT2D eigenvalue weighted by molar-refractivity contribution is 7.89. The third-order valence-electron chi connectivity index (χ3n) is 1.95. The van der Waals surface area contributed by atoms with Gasteiger partial charge in [-0.15, -0.1) is 0 Å². The van der Waals surface area contributed by atoms with Crippen molar-refractivity contribution in [2.45, 2.75) is 11.8 Å². The summed E-state index contributed by atoms with van der Waals surface area (Å²) in [7, 11) is -3.87. The highest BCUT2D eigenvalue weighted by Gasteiger charge is 2.18. The molecule has 6 nitrogen and oxygen atoms in total. The molecule has 1 aromatic carbocycles. The van der Waals surface area contributed by atoms with Crippen molar-refractivity contribution >= 4 is 15.9 Å². The molecule has 0 spiro atoms. The predicted octanol–water partition coefficient (Wildman–Crippen LogP) is -0.193. The Morgan fingerprint density at radius 1 is 1.35 bits per heavy atom. The molecule has 0 aliphatic carbocycles. The lowest BCUT2D eigenvalue weighted by atomic mass is 10.3. The zero-order valence-corrected chi connectivity index (χ0v) is 10.1. The maximum atomic E-state index is 11.7. The number of aromatic hydroxyl groups is 1. The molecule has 0 saturated carbocycles. The van der Waals surface area contributed by atoms with E-state index >= 15 is 0 Å². The molecule has 94 valence electrons. The Morgan fingerprint density at radius 2 is 2.00 bits per heavy atom. The molecular weight excluding hydrogens is 244 g/mol. The average molecular weight is 258 g/mol. The average Bonchev–Trinajstić information content (AvgIpc) is 2.27. The van der Waals surface area contributed by atoms with Gasteiger partial charge in [0.25, 0.3) is 0 Å². The molecule has 0 aromatic heterocycles. The van der Waals surface area contributed by atoms with E-state index in [9.17, 15) is 18.3 Å². The Balaban J connectivity index is 2.77. The summed E-state index contributed by atoms with van der Waals surface area (Å²) < 4.78 is 25.5. The molecule has 0 atom stereocenters. The number of nitrogens with one attached hydrogen (secondary N) is 2. The first-order chi connectivity index (χ1) is 7.97. The molecule has 0 heterocycles. The van der Waals surface area contributed by atoms with Gasteiger partial charge in [0.1, 0.15) is 10.6 Å². The summed E-state index contributed by atoms with van der Waals surface area (Å²) in [5.74, 6) is -0.776. The van der Waals surface area contributed by atoms with Crippen LogP contribution in [0.3, 0.4) is 0 Å². The maximum Gasteiger partial charge on any atom is 0.244 e. The molecule has 17 heavy (non-hydrogen) atoms. The number of benzene rings is 1. The number of para-hydroxylation sites is 1. The van der Waals surface area contributed by atoms with Crippen LogP contribution in [0, 0.1) is 0 Å². The van der Waals surface area contributed by atoms with Crippen LogP contribution in [0.25, 0.3) is 0 Å². The minimum absolute atomic E-state index is 0.246. The second-order valence-corrected chi connectivity index (χ2v) is 4.98. The minimum atomic E-state index is -3.87. The summed E-state index contributed by atoms with van der Waals surface area (Å²) >= 11 is 0. The number of rotatable bonds is 5. The second-order valence-electron chi connectivity index (χ2n) is 3.25. The van der Waals surface area contributed by atoms with Crippen molar-refractivity contribution in [1.29, 1.82) is 0 Å². The molecule has 0 bridgehead atoms. The Hall–Kier alpha value is -1.60. The molecule has 0 aliphatic heterocycles. The topological polar surface area (TPSA) is 95.5 Å². The molecule has 0 radical (unpaired) electrons. The molecule has 0 unspecified atom stereocenters. The van der Waals surface area contributed by atoms with E-state index < -0.39 is 15.9 Å². The van der Waals surface area contributed by atoms with Crippen LogP contribution in [0.5, 0.6) is 5.75 Å². The van der Waals surface area contributed by atoms with E-state index in [1.165, 1.54) is 24.3 Å². The number of amides is 1. The fourth-order valence-corrected chi connectivity index (χ4v) is 2.26. The van der Waals surface area contributed by atoms with Gasteiger partial charge < -0.3 is 10.4 Å². The van der Waals surface area contributed by atoms with Crippen LogP contribution in [-0.2, 0) is 14.8 Å². The Kier molecular flexibility index (Phi) is 4.47. The number of phenolic OH excluding ortho intramolecular Hbond substituents is 1. The van der Waals surface area contributed by atoms with E-state index in [0.717, 1.165) is 0 Å². The van der Waals surface area contributed by atoms with Crippen LogP contribution in [0.1, 0.15) is 6.92 Å². The fourth-order valence-electron chi connectivity index (χ4n) is 1.18. The standard InChI is InChI=1S/C10H14N2O4S/c1-2-11-10(14)7-12-17(15,16)9-6-4-3-5-8(9)13/h3-6,12-13H,2,7H2,1H3,(H,11,14). The Labute approximate surface area is 99.7 Å². The smallest absolute Gasteiger partial charge is 0.244 e. The van der Waals surface area contributed by atoms with Crippen molar-refractivity contribution in [2.75, 3.05) is 13.1 Å². The van der Waals surface area contributed by atoms with Gasteiger partial charge in [0, 0.05) is 6.54 Å². The number of phenols is 1. The van der Waals surface area contributed by atoms with Crippen molar-refractivity contribution in [3.63, 3.8) is 0 Å². The molecule has 1 amide bonds. The molecule has 0 fully saturated rings. The van der Waals surface area contributed by atoms with Crippen LogP contribution in [0.2, 0.25) is 0 Å². The summed E-state index contributed by atoms with van der Waals surface area (Å²) in [5.41, 5.74) is 0. The minimum Gasteiger partial charge on any atom is -0.507 e. The fraction of sp³-hybridized carbons (Fsp3) is 0.300. The second kappa shape index (κ2) is 5.65. The summed E-state index contributed by atoms with van der Waals surface area (Å²) in [6, 6.07) is 5.52. The Bertz CT molecular complexity index is 499. The Morgan fingerprint density at radius 3 is 2.59 bits per heavy atom. The van der Waals surface area contributed by atoms with Crippen LogP contribution < -0.4 is 10.0 Å². The first kappa shape index (κ1) is 13.5. The molecule has 1 rings (SSSR count). The van der Waals surface area contributed by atoms with Crippen molar-refractivity contribution in [3.05, 3.63) is 24.3 Å². The molecule has 3 N–H and O–H groups in total. The largest absolute Gasteiger partial charge is 0.507 e. The first-order valence-electron chi connectivity index (χ1n) is 5.01. The van der Waals surface area contributed by atoms with Gasteiger partial charge in [-0.05, 0) is 19.1 Å². The zero-order valence-electron chi connectivity index (χ0n) is 9.30. The summed E-state index contributed by atoms with van der Waals surface area (Å²) in [6.07, 6.45) is 0. The van der Waals surface area contributed by atoms with Crippen LogP contribution in [0.15, 0.2) is 29.2 Å². The van der Waals surface area contributed by atoms with E-state index in [1.54, 1.807) is 6.92 Å². The van der Waals surface area contributed by atoms with E-state index in [1.807, 2.05) is 0 Å². The van der Waals surface area contributed by atoms with Crippen LogP contribution in [-0.4, -0.2) is 32.5 Å². The number of hydrogen-bond donors (Lipinski definition) is 3. The third-order valence-corrected chi connectivity index (χ3v) is 3.40. The van der Waals surface area contributed by atoms with Crippen molar-refractivity contribution < 1.29 is 18.3 Å². The SMILES string of the molecule is CCNC(=O)CNS(=O)(=O)c1ccccc1O. The lowest BCUT2D eigenvalue weighted by Crippen LogP contribution is -2.36. The van der Waals surface area contributed by atoms with Gasteiger partial charge in [0.05, 0.1) is 6.54 Å². The van der Waals surface area contributed by atoms with Gasteiger partial charge in [-0.3, -0.25) is 4.79 Å². The number of likely N-dealkylation sites (N-methyl/N-ethyl adjacent to an activating group) is 1. The van der Waals surface area contributed by atoms with Gasteiger partial charge >= 0.3 is 0 Å². The van der Waals surface area contributed by atoms with Crippen molar-refractivity contribution in [3.8, 4) is 5.75 Å².